The Hall–Kier alpha value is -6.06. The molecule has 0 spiro atoms. The summed E-state index contributed by atoms with van der Waals surface area (Å²) in [5, 5.41) is 2.53. The summed E-state index contributed by atoms with van der Waals surface area (Å²) in [4.78, 5) is 4.68. The standard InChI is InChI=1S/C42H31N3/c1-4-16-32(17-5-1)43(33-18-6-2-7-19-33)41-26-14-15-27-42(41)44(34-20-8-3-9-21-34)35-28-30-36(31-29-35)45-39-24-12-10-22-37(39)38-23-11-13-25-40(38)45/h1-31H. The molecule has 7 aromatic carbocycles. The molecule has 0 aliphatic carbocycles. The quantitative estimate of drug-likeness (QED) is 0.187. The van der Waals surface area contributed by atoms with E-state index in [-0.39, 0.29) is 0 Å². The number of hydrogen-bond acceptors (Lipinski definition) is 2. The van der Waals surface area contributed by atoms with E-state index in [1.807, 2.05) is 0 Å². The number of benzene rings is 7. The summed E-state index contributed by atoms with van der Waals surface area (Å²) >= 11 is 0. The molecule has 3 nitrogen and oxygen atoms in total. The van der Waals surface area contributed by atoms with Gasteiger partial charge in [0.2, 0.25) is 0 Å². The van der Waals surface area contributed by atoms with Crippen molar-refractivity contribution >= 4 is 55.9 Å². The van der Waals surface area contributed by atoms with Crippen LogP contribution in [0.3, 0.4) is 0 Å². The minimum absolute atomic E-state index is 1.08. The van der Waals surface area contributed by atoms with E-state index in [0.717, 1.165) is 39.8 Å². The highest BCUT2D eigenvalue weighted by molar-refractivity contribution is 6.09. The first-order valence-corrected chi connectivity index (χ1v) is 15.3. The lowest BCUT2D eigenvalue weighted by atomic mass is 10.1. The summed E-state index contributed by atoms with van der Waals surface area (Å²) in [5.41, 5.74) is 10.1. The van der Waals surface area contributed by atoms with Crippen molar-refractivity contribution in [2.45, 2.75) is 0 Å². The smallest absolute Gasteiger partial charge is 0.0702 e. The number of rotatable bonds is 7. The number of aromatic nitrogens is 1. The van der Waals surface area contributed by atoms with Gasteiger partial charge in [-0.25, -0.2) is 0 Å². The van der Waals surface area contributed by atoms with Gasteiger partial charge in [0.05, 0.1) is 22.4 Å². The molecule has 0 aliphatic heterocycles. The maximum atomic E-state index is 2.36. The van der Waals surface area contributed by atoms with Crippen LogP contribution in [0, 0.1) is 0 Å². The van der Waals surface area contributed by atoms with Gasteiger partial charge < -0.3 is 14.4 Å². The van der Waals surface area contributed by atoms with E-state index in [2.05, 4.69) is 202 Å². The van der Waals surface area contributed by atoms with Gasteiger partial charge in [-0.2, -0.15) is 0 Å². The zero-order valence-electron chi connectivity index (χ0n) is 24.7. The topological polar surface area (TPSA) is 11.4 Å². The Balaban J connectivity index is 1.30. The highest BCUT2D eigenvalue weighted by Gasteiger charge is 2.22. The van der Waals surface area contributed by atoms with E-state index in [0.29, 0.717) is 0 Å². The normalized spacial score (nSPS) is 11.1. The lowest BCUT2D eigenvalue weighted by molar-refractivity contribution is 1.17. The first-order valence-electron chi connectivity index (χ1n) is 15.3. The zero-order chi connectivity index (χ0) is 30.0. The summed E-state index contributed by atoms with van der Waals surface area (Å²) in [5.74, 6) is 0. The van der Waals surface area contributed by atoms with Crippen LogP contribution in [-0.4, -0.2) is 4.57 Å². The van der Waals surface area contributed by atoms with Gasteiger partial charge in [-0.1, -0.05) is 103 Å². The number of para-hydroxylation sites is 7. The Kier molecular flexibility index (Phi) is 6.82. The molecular weight excluding hydrogens is 546 g/mol. The van der Waals surface area contributed by atoms with Crippen molar-refractivity contribution in [3.05, 3.63) is 188 Å². The van der Waals surface area contributed by atoms with Crippen molar-refractivity contribution in [2.24, 2.45) is 0 Å². The summed E-state index contributed by atoms with van der Waals surface area (Å²) in [6, 6.07) is 66.7. The van der Waals surface area contributed by atoms with E-state index < -0.39 is 0 Å². The van der Waals surface area contributed by atoms with Gasteiger partial charge in [0, 0.05) is 39.2 Å². The number of nitrogens with zero attached hydrogens (tertiary/aromatic N) is 3. The molecule has 1 aromatic heterocycles. The van der Waals surface area contributed by atoms with Crippen molar-refractivity contribution < 1.29 is 0 Å². The van der Waals surface area contributed by atoms with Gasteiger partial charge in [-0.05, 0) is 84.9 Å². The van der Waals surface area contributed by atoms with E-state index >= 15 is 0 Å². The Labute approximate surface area is 263 Å². The molecule has 0 amide bonds. The molecule has 1 heterocycles. The molecule has 0 fully saturated rings. The molecule has 0 bridgehead atoms. The summed E-state index contributed by atoms with van der Waals surface area (Å²) in [7, 11) is 0. The number of fused-ring (bicyclic) bond motifs is 3. The summed E-state index contributed by atoms with van der Waals surface area (Å²) < 4.78 is 2.36. The van der Waals surface area contributed by atoms with Crippen LogP contribution in [0.2, 0.25) is 0 Å². The molecular formula is C42H31N3. The second kappa shape index (κ2) is 11.6. The van der Waals surface area contributed by atoms with Crippen molar-refractivity contribution in [3.63, 3.8) is 0 Å². The van der Waals surface area contributed by atoms with Crippen molar-refractivity contribution in [1.82, 2.24) is 4.57 Å². The lowest BCUT2D eigenvalue weighted by Gasteiger charge is -2.33. The molecule has 8 rings (SSSR count). The van der Waals surface area contributed by atoms with Gasteiger partial charge in [-0.3, -0.25) is 0 Å². The van der Waals surface area contributed by atoms with Crippen LogP contribution in [0.15, 0.2) is 188 Å². The second-order valence-corrected chi connectivity index (χ2v) is 11.1. The van der Waals surface area contributed by atoms with E-state index in [4.69, 9.17) is 0 Å². The van der Waals surface area contributed by atoms with Gasteiger partial charge in [0.15, 0.2) is 0 Å². The molecule has 45 heavy (non-hydrogen) atoms. The average Bonchev–Trinajstić information content (AvgIpc) is 3.45. The predicted molar refractivity (Wildman–Crippen MR) is 190 cm³/mol. The SMILES string of the molecule is c1ccc(N(c2ccccc2)c2ccccc2N(c2ccccc2)c2ccc(-n3c4ccccc4c4ccccc43)cc2)cc1. The Bertz CT molecular complexity index is 2110. The fourth-order valence-electron chi connectivity index (χ4n) is 6.38. The van der Waals surface area contributed by atoms with Gasteiger partial charge in [-0.15, -0.1) is 0 Å². The van der Waals surface area contributed by atoms with Crippen LogP contribution in [0.25, 0.3) is 27.5 Å². The molecule has 0 aliphatic rings. The molecule has 0 radical (unpaired) electrons. The molecule has 8 aromatic rings. The largest absolute Gasteiger partial charge is 0.309 e. The van der Waals surface area contributed by atoms with Crippen molar-refractivity contribution in [1.29, 1.82) is 0 Å². The molecule has 3 heteroatoms. The van der Waals surface area contributed by atoms with Crippen LogP contribution in [0.1, 0.15) is 0 Å². The average molecular weight is 578 g/mol. The first kappa shape index (κ1) is 26.6. The molecule has 0 saturated heterocycles. The zero-order valence-corrected chi connectivity index (χ0v) is 24.7. The highest BCUT2D eigenvalue weighted by Crippen LogP contribution is 2.45. The third-order valence-electron chi connectivity index (χ3n) is 8.35. The highest BCUT2D eigenvalue weighted by atomic mass is 15.2. The second-order valence-electron chi connectivity index (χ2n) is 11.1. The van der Waals surface area contributed by atoms with Crippen LogP contribution in [0.4, 0.5) is 34.1 Å². The van der Waals surface area contributed by atoms with Crippen LogP contribution >= 0.6 is 0 Å². The predicted octanol–water partition coefficient (Wildman–Crippen LogP) is 11.7. The van der Waals surface area contributed by atoms with Gasteiger partial charge in [0.1, 0.15) is 0 Å². The third kappa shape index (κ3) is 4.81. The van der Waals surface area contributed by atoms with Gasteiger partial charge >= 0.3 is 0 Å². The number of anilines is 6. The number of hydrogen-bond donors (Lipinski definition) is 0. The van der Waals surface area contributed by atoms with E-state index in [1.165, 1.54) is 21.8 Å². The Morgan fingerprint density at radius 1 is 0.289 bits per heavy atom. The van der Waals surface area contributed by atoms with Crippen molar-refractivity contribution in [2.75, 3.05) is 9.80 Å². The van der Waals surface area contributed by atoms with Crippen LogP contribution in [-0.2, 0) is 0 Å². The maximum Gasteiger partial charge on any atom is 0.0702 e. The summed E-state index contributed by atoms with van der Waals surface area (Å²) in [6.07, 6.45) is 0. The lowest BCUT2D eigenvalue weighted by Crippen LogP contribution is -2.16. The fraction of sp³-hybridized carbons (Fsp3) is 0. The fourth-order valence-corrected chi connectivity index (χ4v) is 6.38. The maximum absolute atomic E-state index is 2.36. The van der Waals surface area contributed by atoms with E-state index in [1.54, 1.807) is 0 Å². The molecule has 0 saturated carbocycles. The Morgan fingerprint density at radius 2 is 0.622 bits per heavy atom. The summed E-state index contributed by atoms with van der Waals surface area (Å²) in [6.45, 7) is 0. The third-order valence-corrected chi connectivity index (χ3v) is 8.35. The van der Waals surface area contributed by atoms with Gasteiger partial charge in [0.25, 0.3) is 0 Å². The van der Waals surface area contributed by atoms with Crippen LogP contribution in [0.5, 0.6) is 0 Å². The Morgan fingerprint density at radius 3 is 1.04 bits per heavy atom. The molecule has 0 N–H and O–H groups in total. The molecule has 0 unspecified atom stereocenters. The molecule has 214 valence electrons. The minimum Gasteiger partial charge on any atom is -0.309 e. The molecule has 0 atom stereocenters. The van der Waals surface area contributed by atoms with E-state index in [9.17, 15) is 0 Å². The minimum atomic E-state index is 1.08. The van der Waals surface area contributed by atoms with Crippen molar-refractivity contribution in [3.8, 4) is 5.69 Å². The first-order chi connectivity index (χ1) is 22.4. The van der Waals surface area contributed by atoms with Crippen LogP contribution < -0.4 is 9.80 Å². The monoisotopic (exact) mass is 577 g/mol.